The number of benzene rings is 2. The lowest BCUT2D eigenvalue weighted by Crippen LogP contribution is -2.24. The van der Waals surface area contributed by atoms with Crippen molar-refractivity contribution in [1.82, 2.24) is 15.1 Å². The summed E-state index contributed by atoms with van der Waals surface area (Å²) in [6, 6.07) is 14.3. The number of carbonyl (C=O) groups is 3. The summed E-state index contributed by atoms with van der Waals surface area (Å²) >= 11 is 1.45. The highest BCUT2D eigenvalue weighted by Gasteiger charge is 2.17. The number of fused-ring (bicyclic) bond motifs is 1. The monoisotopic (exact) mass is 421 g/mol. The van der Waals surface area contributed by atoms with E-state index in [1.807, 2.05) is 24.3 Å². The van der Waals surface area contributed by atoms with E-state index in [1.54, 1.807) is 41.3 Å². The zero-order valence-corrected chi connectivity index (χ0v) is 16.7. The summed E-state index contributed by atoms with van der Waals surface area (Å²) in [6.45, 7) is 0.432. The Balaban J connectivity index is 1.35. The summed E-state index contributed by atoms with van der Waals surface area (Å²) in [6.07, 6.45) is 3.34. The maximum atomic E-state index is 12.5. The van der Waals surface area contributed by atoms with Gasteiger partial charge in [-0.1, -0.05) is 12.1 Å². The number of hydrogen-bond acceptors (Lipinski definition) is 5. The molecule has 0 atom stereocenters. The van der Waals surface area contributed by atoms with Crippen LogP contribution in [0.3, 0.4) is 0 Å². The third-order valence-corrected chi connectivity index (χ3v) is 5.48. The average Bonchev–Trinajstić information content (AvgIpc) is 3.24. The molecule has 0 fully saturated rings. The quantitative estimate of drug-likeness (QED) is 0.567. The van der Waals surface area contributed by atoms with E-state index in [-0.39, 0.29) is 24.3 Å². The number of carbonyl (C=O) groups excluding carboxylic acids is 3. The Bertz CT molecular complexity index is 1100. The summed E-state index contributed by atoms with van der Waals surface area (Å²) in [7, 11) is 0. The Morgan fingerprint density at radius 1 is 1.17 bits per heavy atom. The van der Waals surface area contributed by atoms with Gasteiger partial charge in [0, 0.05) is 35.1 Å². The van der Waals surface area contributed by atoms with Gasteiger partial charge < -0.3 is 16.0 Å². The molecule has 8 nitrogen and oxygen atoms in total. The van der Waals surface area contributed by atoms with Gasteiger partial charge in [-0.25, -0.2) is 0 Å². The van der Waals surface area contributed by atoms with Crippen molar-refractivity contribution < 1.29 is 14.4 Å². The van der Waals surface area contributed by atoms with E-state index < -0.39 is 0 Å². The minimum Gasteiger partial charge on any atom is -0.348 e. The molecule has 2 heterocycles. The predicted molar refractivity (Wildman–Crippen MR) is 114 cm³/mol. The van der Waals surface area contributed by atoms with Crippen molar-refractivity contribution in [2.45, 2.75) is 18.0 Å². The van der Waals surface area contributed by atoms with Crippen molar-refractivity contribution >= 4 is 40.9 Å². The Labute approximate surface area is 177 Å². The fraction of sp³-hybridized carbons (Fsp3) is 0.143. The molecule has 1 aliphatic rings. The molecule has 3 amide bonds. The highest BCUT2D eigenvalue weighted by Crippen LogP contribution is 2.31. The van der Waals surface area contributed by atoms with Crippen LogP contribution in [0.5, 0.6) is 0 Å². The van der Waals surface area contributed by atoms with Gasteiger partial charge in [-0.05, 0) is 42.0 Å². The Morgan fingerprint density at radius 2 is 2.07 bits per heavy atom. The van der Waals surface area contributed by atoms with Crippen LogP contribution in [0.25, 0.3) is 0 Å². The molecule has 1 aliphatic heterocycles. The van der Waals surface area contributed by atoms with E-state index in [1.165, 1.54) is 11.8 Å². The highest BCUT2D eigenvalue weighted by atomic mass is 32.2. The van der Waals surface area contributed by atoms with Gasteiger partial charge in [-0.15, -0.1) is 11.8 Å². The third kappa shape index (κ3) is 4.87. The molecule has 0 spiro atoms. The van der Waals surface area contributed by atoms with Gasteiger partial charge in [0.15, 0.2) is 0 Å². The Kier molecular flexibility index (Phi) is 5.80. The summed E-state index contributed by atoms with van der Waals surface area (Å²) in [4.78, 5) is 37.1. The lowest BCUT2D eigenvalue weighted by atomic mass is 10.1. The highest BCUT2D eigenvalue weighted by molar-refractivity contribution is 8.00. The lowest BCUT2D eigenvalue weighted by molar-refractivity contribution is -0.117. The molecule has 9 heteroatoms. The van der Waals surface area contributed by atoms with Gasteiger partial charge in [0.1, 0.15) is 6.54 Å². The second-order valence-electron chi connectivity index (χ2n) is 6.68. The van der Waals surface area contributed by atoms with Crippen molar-refractivity contribution in [2.24, 2.45) is 0 Å². The first-order valence-corrected chi connectivity index (χ1v) is 10.3. The van der Waals surface area contributed by atoms with E-state index >= 15 is 0 Å². The van der Waals surface area contributed by atoms with Crippen molar-refractivity contribution in [3.63, 3.8) is 0 Å². The van der Waals surface area contributed by atoms with Gasteiger partial charge in [0.25, 0.3) is 5.91 Å². The molecule has 0 saturated heterocycles. The molecule has 152 valence electrons. The first-order chi connectivity index (χ1) is 14.6. The number of nitrogens with one attached hydrogen (secondary N) is 3. The van der Waals surface area contributed by atoms with Gasteiger partial charge >= 0.3 is 0 Å². The fourth-order valence-corrected chi connectivity index (χ4v) is 3.80. The van der Waals surface area contributed by atoms with Crippen LogP contribution < -0.4 is 16.0 Å². The SMILES string of the molecule is O=C(Cn1cccn1)Nc1cccc(CNC(=O)c2ccc3c(c2)NC(=O)CS3)c1. The number of amides is 3. The molecular formula is C21H19N5O3S. The number of aromatic nitrogens is 2. The first-order valence-electron chi connectivity index (χ1n) is 9.28. The number of anilines is 2. The number of thioether (sulfide) groups is 1. The molecule has 4 rings (SSSR count). The van der Waals surface area contributed by atoms with E-state index in [9.17, 15) is 14.4 Å². The molecule has 0 saturated carbocycles. The molecule has 0 radical (unpaired) electrons. The van der Waals surface area contributed by atoms with E-state index in [4.69, 9.17) is 0 Å². The van der Waals surface area contributed by atoms with Crippen LogP contribution in [0.4, 0.5) is 11.4 Å². The topological polar surface area (TPSA) is 105 Å². The van der Waals surface area contributed by atoms with Crippen LogP contribution in [-0.2, 0) is 22.7 Å². The van der Waals surface area contributed by atoms with E-state index in [0.717, 1.165) is 10.5 Å². The van der Waals surface area contributed by atoms with Crippen LogP contribution in [0.1, 0.15) is 15.9 Å². The van der Waals surface area contributed by atoms with Crippen LogP contribution in [0.15, 0.2) is 65.8 Å². The van der Waals surface area contributed by atoms with Crippen LogP contribution >= 0.6 is 11.8 Å². The maximum absolute atomic E-state index is 12.5. The first kappa shape index (κ1) is 19.7. The van der Waals surface area contributed by atoms with Crippen molar-refractivity contribution in [1.29, 1.82) is 0 Å². The Hall–Kier alpha value is -3.59. The van der Waals surface area contributed by atoms with Gasteiger partial charge in [0.05, 0.1) is 11.4 Å². The minimum atomic E-state index is -0.240. The molecule has 1 aromatic heterocycles. The van der Waals surface area contributed by atoms with E-state index in [2.05, 4.69) is 21.0 Å². The largest absolute Gasteiger partial charge is 0.348 e. The molecule has 0 aliphatic carbocycles. The van der Waals surface area contributed by atoms with E-state index in [0.29, 0.717) is 29.2 Å². The number of nitrogens with zero attached hydrogens (tertiary/aromatic N) is 2. The molecule has 3 aromatic rings. The maximum Gasteiger partial charge on any atom is 0.251 e. The second-order valence-corrected chi connectivity index (χ2v) is 7.70. The van der Waals surface area contributed by atoms with Gasteiger partial charge in [-0.3, -0.25) is 19.1 Å². The van der Waals surface area contributed by atoms with Crippen LogP contribution in [0.2, 0.25) is 0 Å². The average molecular weight is 421 g/mol. The summed E-state index contributed by atoms with van der Waals surface area (Å²) in [5.41, 5.74) is 2.63. The number of rotatable bonds is 6. The summed E-state index contributed by atoms with van der Waals surface area (Å²) in [5, 5.41) is 12.5. The summed E-state index contributed by atoms with van der Waals surface area (Å²) < 4.78 is 1.54. The van der Waals surface area contributed by atoms with Gasteiger partial charge in [-0.2, -0.15) is 5.10 Å². The standard InChI is InChI=1S/C21H19N5O3S/c27-19(12-26-8-2-7-23-26)24-16-4-1-3-14(9-16)11-22-21(29)15-5-6-18-17(10-15)25-20(28)13-30-18/h1-10H,11-13H2,(H,22,29)(H,24,27)(H,25,28). The lowest BCUT2D eigenvalue weighted by Gasteiger charge is -2.17. The zero-order chi connectivity index (χ0) is 20.9. The normalized spacial score (nSPS) is 12.6. The molecule has 30 heavy (non-hydrogen) atoms. The molecule has 2 aromatic carbocycles. The summed E-state index contributed by atoms with van der Waals surface area (Å²) in [5.74, 6) is -0.117. The van der Waals surface area contributed by atoms with Crippen LogP contribution in [-0.4, -0.2) is 33.3 Å². The van der Waals surface area contributed by atoms with Gasteiger partial charge in [0.2, 0.25) is 11.8 Å². The molecule has 3 N–H and O–H groups in total. The van der Waals surface area contributed by atoms with Crippen LogP contribution in [0, 0.1) is 0 Å². The Morgan fingerprint density at radius 3 is 2.90 bits per heavy atom. The third-order valence-electron chi connectivity index (χ3n) is 4.40. The predicted octanol–water partition coefficient (Wildman–Crippen LogP) is 2.50. The molecular weight excluding hydrogens is 402 g/mol. The zero-order valence-electron chi connectivity index (χ0n) is 15.9. The van der Waals surface area contributed by atoms with Crippen molar-refractivity contribution in [3.05, 3.63) is 72.1 Å². The minimum absolute atomic E-state index is 0.0727. The van der Waals surface area contributed by atoms with Crippen molar-refractivity contribution in [2.75, 3.05) is 16.4 Å². The fourth-order valence-electron chi connectivity index (χ4n) is 3.01. The molecule has 0 bridgehead atoms. The number of hydrogen-bond donors (Lipinski definition) is 3. The smallest absolute Gasteiger partial charge is 0.251 e. The molecule has 0 unspecified atom stereocenters. The second kappa shape index (κ2) is 8.83. The van der Waals surface area contributed by atoms with Crippen molar-refractivity contribution in [3.8, 4) is 0 Å².